The molecule has 0 spiro atoms. The summed E-state index contributed by atoms with van der Waals surface area (Å²) in [5.41, 5.74) is -6.20. The predicted octanol–water partition coefficient (Wildman–Crippen LogP) is 13.7. The molecule has 107 heavy (non-hydrogen) atoms. The fourth-order valence-electron chi connectivity index (χ4n) is 9.00. The molecule has 5 aromatic heterocycles. The van der Waals surface area contributed by atoms with E-state index >= 15 is 0 Å². The number of amides is 4. The van der Waals surface area contributed by atoms with Crippen LogP contribution in [0.25, 0.3) is 0 Å². The molecule has 0 bridgehead atoms. The van der Waals surface area contributed by atoms with Crippen LogP contribution in [0.15, 0.2) is 90.4 Å². The Hall–Kier alpha value is -9.34. The zero-order chi connectivity index (χ0) is 79.0. The van der Waals surface area contributed by atoms with E-state index in [2.05, 4.69) is 62.1 Å². The molecule has 4 amide bonds. The second-order valence-electron chi connectivity index (χ2n) is 24.3. The largest absolute Gasteiger partial charge is 0.481 e. The summed E-state index contributed by atoms with van der Waals surface area (Å²) < 4.78 is 188. The molecule has 2 aromatic carbocycles. The number of pyridine rings is 2. The summed E-state index contributed by atoms with van der Waals surface area (Å²) in [6.07, 6.45) is -12.7. The van der Waals surface area contributed by atoms with Gasteiger partial charge in [-0.2, -0.15) is 83.9 Å². The van der Waals surface area contributed by atoms with E-state index in [1.54, 1.807) is 34.6 Å². The Balaban J connectivity index is 0.000000301. The van der Waals surface area contributed by atoms with Gasteiger partial charge in [0, 0.05) is 156 Å². The first-order chi connectivity index (χ1) is 49.4. The number of benzene rings is 2. The number of nitrogens with zero attached hydrogens (tertiary/aromatic N) is 15. The number of rotatable bonds is 11. The van der Waals surface area contributed by atoms with Gasteiger partial charge in [0.05, 0.1) is 63.1 Å². The van der Waals surface area contributed by atoms with Crippen molar-refractivity contribution in [1.82, 2.24) is 50.9 Å². The molecule has 10 rings (SSSR count). The number of carbonyl (C=O) groups excluding carboxylic acids is 4. The number of anilines is 6. The van der Waals surface area contributed by atoms with Gasteiger partial charge < -0.3 is 65.0 Å². The van der Waals surface area contributed by atoms with Crippen LogP contribution in [0.2, 0.25) is 5.15 Å². The van der Waals surface area contributed by atoms with Gasteiger partial charge in [0.1, 0.15) is 11.2 Å². The van der Waals surface area contributed by atoms with E-state index in [1.165, 1.54) is 16.6 Å². The van der Waals surface area contributed by atoms with E-state index in [1.807, 2.05) is 75.6 Å². The van der Waals surface area contributed by atoms with Gasteiger partial charge in [0.25, 0.3) is 11.9 Å². The number of piperazine rings is 3. The average molecular weight is 1690 g/mol. The van der Waals surface area contributed by atoms with Crippen LogP contribution in [0.5, 0.6) is 0 Å². The smallest absolute Gasteiger partial charge is 0.416 e. The van der Waals surface area contributed by atoms with Crippen molar-refractivity contribution in [3.05, 3.63) is 124 Å². The van der Waals surface area contributed by atoms with Crippen molar-refractivity contribution in [3.8, 4) is 0 Å². The summed E-state index contributed by atoms with van der Waals surface area (Å²) in [4.78, 5) is 86.1. The van der Waals surface area contributed by atoms with Crippen LogP contribution >= 0.6 is 46.8 Å². The predicted molar refractivity (Wildman–Crippen MR) is 368 cm³/mol. The Morgan fingerprint density at radius 3 is 1.11 bits per heavy atom. The van der Waals surface area contributed by atoms with Crippen molar-refractivity contribution in [3.63, 3.8) is 0 Å². The summed E-state index contributed by atoms with van der Waals surface area (Å²) >= 11 is 9.25. The second-order valence-corrected chi connectivity index (χ2v) is 26.2. The van der Waals surface area contributed by atoms with Crippen LogP contribution in [0, 0.1) is 0 Å². The van der Waals surface area contributed by atoms with Crippen LogP contribution in [-0.2, 0) is 82.1 Å². The Kier molecular flexibility index (Phi) is 34.1. The molecular formula is C62H71ClF12N18O10PdS3. The number of ether oxygens (including phenoxy) is 2. The molecule has 0 saturated carbocycles. The number of hydrogen-bond donors (Lipinski definition) is 5. The van der Waals surface area contributed by atoms with Gasteiger partial charge in [-0.3, -0.25) is 19.6 Å². The summed E-state index contributed by atoms with van der Waals surface area (Å²) in [6, 6.07) is 8.42. The number of carboxylic acid groups (broad SMARTS) is 2. The number of halogens is 13. The zero-order valence-corrected chi connectivity index (χ0v) is 62.6. The summed E-state index contributed by atoms with van der Waals surface area (Å²) in [5, 5.41) is 24.0. The molecule has 3 saturated heterocycles. The third-order valence-electron chi connectivity index (χ3n) is 13.7. The Labute approximate surface area is 635 Å². The number of isocyanates is 1. The molecule has 0 aliphatic carbocycles. The van der Waals surface area contributed by atoms with Gasteiger partial charge in [-0.25, -0.2) is 19.2 Å². The first-order valence-electron chi connectivity index (χ1n) is 31.1. The molecule has 0 atom stereocenters. The number of aromatic nitrogens is 8. The second kappa shape index (κ2) is 40.6. The van der Waals surface area contributed by atoms with E-state index in [0.29, 0.717) is 125 Å². The van der Waals surface area contributed by atoms with Crippen LogP contribution in [0.3, 0.4) is 0 Å². The van der Waals surface area contributed by atoms with Gasteiger partial charge in [0.2, 0.25) is 6.08 Å². The molecule has 0 unspecified atom stereocenters. The van der Waals surface area contributed by atoms with Crippen LogP contribution in [-0.4, -0.2) is 187 Å². The minimum Gasteiger partial charge on any atom is -0.481 e. The maximum Gasteiger partial charge on any atom is 0.416 e. The molecular weight excluding hydrogens is 1620 g/mol. The number of carbonyl (C=O) groups is 5. The van der Waals surface area contributed by atoms with E-state index in [-0.39, 0.29) is 57.8 Å². The molecule has 0 radical (unpaired) electrons. The number of nitrogens with one attached hydrogen (secondary N) is 3. The standard InChI is InChI=1S/C21H19F6N7OS.C17H24N6O2S.C11H17ClN4O2S.C9H3F6NO.2C2H4O2.Pd/c22-20(23,24)14-9-15(21(25,26)27)11-16(10-14)30-19(35)34-7-5-33(6-8-34)18-17(31-36-32-18)29-12-13-1-3-28-4-2-13;1-17(2,3)25-16(24)23-10-8-22(9-11-23)15-14(20-26-21-15)19-12-13-4-6-18-7-5-13;1-11(2,3)18-10(17)16-6-4-15(5-7-16)9-8(12)13-19-14-9;10-8(11,12)5-1-6(9(13,14)15)3-7(2-5)16-4-17;2*1-2(3)4;/h1-4,9-11H,5-8,12H2,(H,29,31)(H,30,35);4-7H,8-12H2,1-3H3,(H,19,20);4-7H2,1-3H3;1-3H;2*1H3,(H,3,4);. The Morgan fingerprint density at radius 1 is 0.495 bits per heavy atom. The van der Waals surface area contributed by atoms with Crippen molar-refractivity contribution in [2.24, 2.45) is 4.99 Å². The summed E-state index contributed by atoms with van der Waals surface area (Å²) in [5.74, 6) is 1.82. The molecule has 3 aliphatic heterocycles. The third kappa shape index (κ3) is 31.6. The van der Waals surface area contributed by atoms with Crippen molar-refractivity contribution in [2.75, 3.05) is 109 Å². The van der Waals surface area contributed by atoms with Gasteiger partial charge in [-0.05, 0) is 113 Å². The van der Waals surface area contributed by atoms with Crippen LogP contribution in [0.4, 0.5) is 108 Å². The zero-order valence-electron chi connectivity index (χ0n) is 57.8. The molecule has 588 valence electrons. The topological polar surface area (TPSA) is 332 Å². The fraction of sp³-hybridized carbons (Fsp3) is 0.452. The first-order valence-corrected chi connectivity index (χ1v) is 33.7. The number of aliphatic imine (C=N–C) groups is 1. The van der Waals surface area contributed by atoms with Gasteiger partial charge in [-0.15, -0.1) is 0 Å². The average Bonchev–Trinajstić information content (AvgIpc) is 1.72. The maximum atomic E-state index is 13.1. The van der Waals surface area contributed by atoms with E-state index < -0.39 is 87.5 Å². The Bertz CT molecular complexity index is 3950. The summed E-state index contributed by atoms with van der Waals surface area (Å²) in [6.45, 7) is 20.8. The van der Waals surface area contributed by atoms with Crippen molar-refractivity contribution < 1.29 is 122 Å². The first kappa shape index (κ1) is 90.1. The van der Waals surface area contributed by atoms with Crippen molar-refractivity contribution in [1.29, 1.82) is 0 Å². The Morgan fingerprint density at radius 2 is 0.804 bits per heavy atom. The molecule has 3 fully saturated rings. The quantitative estimate of drug-likeness (QED) is 0.0348. The van der Waals surface area contributed by atoms with Crippen molar-refractivity contribution in [2.45, 2.75) is 104 Å². The fourth-order valence-corrected chi connectivity index (χ4v) is 10.9. The molecule has 5 N–H and O–H groups in total. The minimum absolute atomic E-state index is 0. The van der Waals surface area contributed by atoms with E-state index in [0.717, 1.165) is 66.1 Å². The molecule has 8 heterocycles. The SMILES string of the molecule is CC(=O)O.CC(=O)O.CC(C)(C)OC(=O)N1CCN(c2nsnc2Cl)CC1.CC(C)(C)OC(=O)N1CCN(c2nsnc2NCc2ccncc2)CC1.O=C(Nc1cc(C(F)(F)F)cc(C(F)(F)F)c1)N1CCN(c2nsnc2NCc2ccncc2)CC1.O=C=Nc1cc(C(F)(F)F)cc(C(F)(F)F)c1.[Pd]. The van der Waals surface area contributed by atoms with Crippen LogP contribution < -0.4 is 30.7 Å². The molecule has 3 aliphatic rings. The number of hydrogen-bond acceptors (Lipinski definition) is 25. The number of urea groups is 1. The summed E-state index contributed by atoms with van der Waals surface area (Å²) in [7, 11) is 0. The van der Waals surface area contributed by atoms with Crippen molar-refractivity contribution >= 4 is 123 Å². The van der Waals surface area contributed by atoms with Gasteiger partial charge in [-0.1, -0.05) is 11.6 Å². The number of alkyl halides is 12. The number of aliphatic carboxylic acids is 2. The minimum atomic E-state index is -5.00. The monoisotopic (exact) mass is 1690 g/mol. The maximum absolute atomic E-state index is 13.1. The van der Waals surface area contributed by atoms with E-state index in [9.17, 15) is 71.9 Å². The van der Waals surface area contributed by atoms with E-state index in [4.69, 9.17) is 40.9 Å². The van der Waals surface area contributed by atoms with Gasteiger partial charge in [0.15, 0.2) is 34.2 Å². The normalized spacial score (nSPS) is 13.9. The molecule has 7 aromatic rings. The van der Waals surface area contributed by atoms with Gasteiger partial charge >= 0.3 is 42.9 Å². The molecule has 45 heteroatoms. The molecule has 28 nitrogen and oxygen atoms in total. The van der Waals surface area contributed by atoms with Crippen LogP contribution in [0.1, 0.15) is 88.8 Å². The number of carboxylic acids is 2. The third-order valence-corrected chi connectivity index (χ3v) is 15.6.